The summed E-state index contributed by atoms with van der Waals surface area (Å²) >= 11 is 6.92. The molecular formula is C16H14ClF3N2O2S. The average Bonchev–Trinajstić information content (AvgIpc) is 3.06. The van der Waals surface area contributed by atoms with Gasteiger partial charge in [0.25, 0.3) is 5.91 Å². The molecule has 0 spiro atoms. The molecule has 0 atom stereocenters. The van der Waals surface area contributed by atoms with Crippen molar-refractivity contribution >= 4 is 40.4 Å². The predicted molar refractivity (Wildman–Crippen MR) is 91.0 cm³/mol. The number of hydrogen-bond donors (Lipinski definition) is 2. The van der Waals surface area contributed by atoms with E-state index in [-0.39, 0.29) is 24.6 Å². The highest BCUT2D eigenvalue weighted by molar-refractivity contribution is 7.08. The molecule has 2 rings (SSSR count). The fourth-order valence-electron chi connectivity index (χ4n) is 1.99. The van der Waals surface area contributed by atoms with Crippen LogP contribution in [0, 0.1) is 0 Å². The number of carbonyl (C=O) groups is 2. The summed E-state index contributed by atoms with van der Waals surface area (Å²) in [5.41, 5.74) is -0.436. The van der Waals surface area contributed by atoms with Crippen LogP contribution < -0.4 is 10.6 Å². The van der Waals surface area contributed by atoms with E-state index in [9.17, 15) is 22.8 Å². The lowest BCUT2D eigenvalue weighted by molar-refractivity contribution is -0.137. The van der Waals surface area contributed by atoms with Crippen LogP contribution in [0.15, 0.2) is 35.0 Å². The fraction of sp³-hybridized carbons (Fsp3) is 0.250. The molecule has 0 bridgehead atoms. The van der Waals surface area contributed by atoms with Gasteiger partial charge in [-0.05, 0) is 36.1 Å². The van der Waals surface area contributed by atoms with Crippen LogP contribution in [0.4, 0.5) is 18.9 Å². The largest absolute Gasteiger partial charge is 0.417 e. The zero-order valence-electron chi connectivity index (χ0n) is 12.8. The van der Waals surface area contributed by atoms with Gasteiger partial charge in [-0.15, -0.1) is 0 Å². The third kappa shape index (κ3) is 5.75. The Morgan fingerprint density at radius 3 is 2.60 bits per heavy atom. The number of hydrogen-bond acceptors (Lipinski definition) is 3. The lowest BCUT2D eigenvalue weighted by Gasteiger charge is -2.12. The zero-order valence-corrected chi connectivity index (χ0v) is 14.4. The van der Waals surface area contributed by atoms with Gasteiger partial charge in [0.05, 0.1) is 10.6 Å². The van der Waals surface area contributed by atoms with Gasteiger partial charge in [0.2, 0.25) is 5.91 Å². The molecule has 0 saturated heterocycles. The molecule has 25 heavy (non-hydrogen) atoms. The highest BCUT2D eigenvalue weighted by Crippen LogP contribution is 2.36. The molecular weight excluding hydrogens is 377 g/mol. The van der Waals surface area contributed by atoms with E-state index >= 15 is 0 Å². The normalized spacial score (nSPS) is 11.2. The van der Waals surface area contributed by atoms with Crippen molar-refractivity contribution in [3.05, 3.63) is 51.2 Å². The first-order chi connectivity index (χ1) is 11.8. The van der Waals surface area contributed by atoms with Gasteiger partial charge in [-0.3, -0.25) is 9.59 Å². The standard InChI is InChI=1S/C16H14ClF3N2O2S/c17-13-4-3-11(8-12(13)16(18,19)20)22-14(23)2-1-6-21-15(24)10-5-7-25-9-10/h3-5,7-9H,1-2,6H2,(H,21,24)(H,22,23). The van der Waals surface area contributed by atoms with Gasteiger partial charge in [-0.2, -0.15) is 24.5 Å². The molecule has 2 aromatic rings. The second-order valence-corrected chi connectivity index (χ2v) is 6.30. The summed E-state index contributed by atoms with van der Waals surface area (Å²) in [6.45, 7) is 0.288. The number of carbonyl (C=O) groups excluding carboxylic acids is 2. The summed E-state index contributed by atoms with van der Waals surface area (Å²) in [6.07, 6.45) is -4.17. The lowest BCUT2D eigenvalue weighted by atomic mass is 10.2. The number of alkyl halides is 3. The molecule has 1 aromatic carbocycles. The van der Waals surface area contributed by atoms with Crippen LogP contribution in [-0.4, -0.2) is 18.4 Å². The SMILES string of the molecule is O=C(CCCNC(=O)c1ccsc1)Nc1ccc(Cl)c(C(F)(F)F)c1. The number of benzene rings is 1. The second-order valence-electron chi connectivity index (χ2n) is 5.11. The van der Waals surface area contributed by atoms with Gasteiger partial charge in [-0.1, -0.05) is 11.6 Å². The highest BCUT2D eigenvalue weighted by Gasteiger charge is 2.33. The van der Waals surface area contributed by atoms with Crippen molar-refractivity contribution in [3.63, 3.8) is 0 Å². The summed E-state index contributed by atoms with van der Waals surface area (Å²) in [6, 6.07) is 4.86. The Morgan fingerprint density at radius 1 is 1.20 bits per heavy atom. The van der Waals surface area contributed by atoms with Crippen LogP contribution in [0.25, 0.3) is 0 Å². The van der Waals surface area contributed by atoms with Crippen LogP contribution in [0.5, 0.6) is 0 Å². The highest BCUT2D eigenvalue weighted by atomic mass is 35.5. The van der Waals surface area contributed by atoms with Crippen LogP contribution in [-0.2, 0) is 11.0 Å². The molecule has 0 radical (unpaired) electrons. The molecule has 1 aromatic heterocycles. The average molecular weight is 391 g/mol. The maximum absolute atomic E-state index is 12.8. The number of amides is 2. The number of nitrogens with one attached hydrogen (secondary N) is 2. The van der Waals surface area contributed by atoms with Gasteiger partial charge in [0.1, 0.15) is 0 Å². The number of halogens is 4. The van der Waals surface area contributed by atoms with Crippen molar-refractivity contribution in [1.29, 1.82) is 0 Å². The number of rotatable bonds is 6. The van der Waals surface area contributed by atoms with E-state index in [2.05, 4.69) is 10.6 Å². The molecule has 0 fully saturated rings. The third-order valence-corrected chi connectivity index (χ3v) is 4.22. The summed E-state index contributed by atoms with van der Waals surface area (Å²) < 4.78 is 38.3. The van der Waals surface area contributed by atoms with Gasteiger partial charge in [0, 0.05) is 29.6 Å². The molecule has 1 heterocycles. The Bertz CT molecular complexity index is 748. The maximum Gasteiger partial charge on any atom is 0.417 e. The third-order valence-electron chi connectivity index (χ3n) is 3.21. The van der Waals surface area contributed by atoms with Crippen molar-refractivity contribution < 1.29 is 22.8 Å². The molecule has 2 N–H and O–H groups in total. The van der Waals surface area contributed by atoms with Crippen molar-refractivity contribution in [1.82, 2.24) is 5.32 Å². The Kier molecular flexibility index (Phi) is 6.44. The molecule has 4 nitrogen and oxygen atoms in total. The quantitative estimate of drug-likeness (QED) is 0.710. The van der Waals surface area contributed by atoms with Crippen molar-refractivity contribution in [2.45, 2.75) is 19.0 Å². The van der Waals surface area contributed by atoms with E-state index in [0.29, 0.717) is 12.0 Å². The fourth-order valence-corrected chi connectivity index (χ4v) is 2.85. The topological polar surface area (TPSA) is 58.2 Å². The minimum atomic E-state index is -4.59. The van der Waals surface area contributed by atoms with Crippen LogP contribution >= 0.6 is 22.9 Å². The van der Waals surface area contributed by atoms with E-state index in [4.69, 9.17) is 11.6 Å². The van der Waals surface area contributed by atoms with Crippen LogP contribution in [0.1, 0.15) is 28.8 Å². The van der Waals surface area contributed by atoms with Crippen LogP contribution in [0.3, 0.4) is 0 Å². The smallest absolute Gasteiger partial charge is 0.352 e. The van der Waals surface area contributed by atoms with Gasteiger partial charge < -0.3 is 10.6 Å². The first-order valence-corrected chi connectivity index (χ1v) is 8.56. The Hall–Kier alpha value is -2.06. The van der Waals surface area contributed by atoms with Crippen molar-refractivity contribution in [2.75, 3.05) is 11.9 Å². The molecule has 0 saturated carbocycles. The molecule has 0 unspecified atom stereocenters. The summed E-state index contributed by atoms with van der Waals surface area (Å²) in [4.78, 5) is 23.5. The number of anilines is 1. The molecule has 0 aliphatic carbocycles. The van der Waals surface area contributed by atoms with E-state index < -0.39 is 22.7 Å². The Labute approximate surface area is 151 Å². The van der Waals surface area contributed by atoms with E-state index in [0.717, 1.165) is 12.1 Å². The van der Waals surface area contributed by atoms with Gasteiger partial charge >= 0.3 is 6.18 Å². The Balaban J connectivity index is 1.80. The molecule has 0 aliphatic rings. The van der Waals surface area contributed by atoms with E-state index in [1.807, 2.05) is 0 Å². The van der Waals surface area contributed by atoms with Gasteiger partial charge in [0.15, 0.2) is 0 Å². The zero-order chi connectivity index (χ0) is 18.4. The van der Waals surface area contributed by atoms with E-state index in [1.54, 1.807) is 16.8 Å². The molecule has 0 aliphatic heterocycles. The molecule has 9 heteroatoms. The molecule has 134 valence electrons. The first-order valence-electron chi connectivity index (χ1n) is 7.24. The lowest BCUT2D eigenvalue weighted by Crippen LogP contribution is -2.25. The Morgan fingerprint density at radius 2 is 1.96 bits per heavy atom. The van der Waals surface area contributed by atoms with Crippen molar-refractivity contribution in [3.8, 4) is 0 Å². The minimum Gasteiger partial charge on any atom is -0.352 e. The summed E-state index contributed by atoms with van der Waals surface area (Å²) in [5, 5.41) is 8.11. The van der Waals surface area contributed by atoms with Crippen molar-refractivity contribution in [2.24, 2.45) is 0 Å². The second kappa shape index (κ2) is 8.35. The van der Waals surface area contributed by atoms with Gasteiger partial charge in [-0.25, -0.2) is 0 Å². The summed E-state index contributed by atoms with van der Waals surface area (Å²) in [5.74, 6) is -0.672. The maximum atomic E-state index is 12.8. The van der Waals surface area contributed by atoms with Crippen LogP contribution in [0.2, 0.25) is 5.02 Å². The predicted octanol–water partition coefficient (Wildman–Crippen LogP) is 4.57. The molecule has 2 amide bonds. The minimum absolute atomic E-state index is 0.0176. The number of thiophene rings is 1. The summed E-state index contributed by atoms with van der Waals surface area (Å²) in [7, 11) is 0. The van der Waals surface area contributed by atoms with E-state index in [1.165, 1.54) is 17.4 Å². The monoisotopic (exact) mass is 390 g/mol. The first kappa shape index (κ1) is 19.3.